The molecule has 19 heavy (non-hydrogen) atoms. The molecule has 3 heteroatoms. The van der Waals surface area contributed by atoms with Gasteiger partial charge in [-0.3, -0.25) is 0 Å². The van der Waals surface area contributed by atoms with E-state index >= 15 is 0 Å². The molecule has 3 nitrogen and oxygen atoms in total. The van der Waals surface area contributed by atoms with Crippen molar-refractivity contribution in [3.63, 3.8) is 0 Å². The van der Waals surface area contributed by atoms with Crippen LogP contribution in [0.5, 0.6) is 11.5 Å². The summed E-state index contributed by atoms with van der Waals surface area (Å²) in [4.78, 5) is 0. The van der Waals surface area contributed by atoms with Crippen LogP contribution >= 0.6 is 0 Å². The Bertz CT molecular complexity index is 579. The first kappa shape index (κ1) is 13.3. The van der Waals surface area contributed by atoms with Crippen molar-refractivity contribution in [3.8, 4) is 11.5 Å². The Hall–Kier alpha value is -2.16. The molecular formula is C16H19NO2. The molecule has 0 saturated carbocycles. The van der Waals surface area contributed by atoms with Gasteiger partial charge in [-0.2, -0.15) is 0 Å². The van der Waals surface area contributed by atoms with Gasteiger partial charge >= 0.3 is 0 Å². The molecule has 0 saturated heterocycles. The number of benzene rings is 2. The molecule has 2 N–H and O–H groups in total. The first-order valence-corrected chi connectivity index (χ1v) is 6.27. The summed E-state index contributed by atoms with van der Waals surface area (Å²) in [7, 11) is 1.68. The number of phenols is 1. The fourth-order valence-corrected chi connectivity index (χ4v) is 2.01. The molecule has 2 aromatic carbocycles. The number of anilines is 1. The molecule has 0 heterocycles. The minimum absolute atomic E-state index is 0.318. The van der Waals surface area contributed by atoms with Gasteiger partial charge in [-0.25, -0.2) is 0 Å². The predicted octanol–water partition coefficient (Wildman–Crippen LogP) is 3.63. The molecule has 0 bridgehead atoms. The fraction of sp³-hybridized carbons (Fsp3) is 0.250. The van der Waals surface area contributed by atoms with Crippen LogP contribution < -0.4 is 10.1 Å². The van der Waals surface area contributed by atoms with E-state index in [-0.39, 0.29) is 0 Å². The normalized spacial score (nSPS) is 10.3. The molecule has 0 aliphatic heterocycles. The van der Waals surface area contributed by atoms with E-state index in [0.717, 1.165) is 22.6 Å². The van der Waals surface area contributed by atoms with Crippen molar-refractivity contribution in [1.82, 2.24) is 0 Å². The molecule has 0 aliphatic carbocycles. The standard InChI is InChI=1S/C16H19NO2/c1-11-4-7-16(19-3)13(8-11)10-17-14-5-6-15(18)12(2)9-14/h4-9,17-18H,10H2,1-3H3. The lowest BCUT2D eigenvalue weighted by atomic mass is 10.1. The van der Waals surface area contributed by atoms with Gasteiger partial charge in [-0.15, -0.1) is 0 Å². The third-order valence-corrected chi connectivity index (χ3v) is 3.12. The largest absolute Gasteiger partial charge is 0.508 e. The molecular weight excluding hydrogens is 238 g/mol. The summed E-state index contributed by atoms with van der Waals surface area (Å²) < 4.78 is 5.35. The molecule has 0 amide bonds. The summed E-state index contributed by atoms with van der Waals surface area (Å²) in [6.45, 7) is 4.64. The Morgan fingerprint density at radius 1 is 1.11 bits per heavy atom. The summed E-state index contributed by atoms with van der Waals surface area (Å²) in [5, 5.41) is 12.8. The van der Waals surface area contributed by atoms with Crippen LogP contribution in [0.3, 0.4) is 0 Å². The Balaban J connectivity index is 2.13. The Morgan fingerprint density at radius 3 is 2.58 bits per heavy atom. The van der Waals surface area contributed by atoms with Crippen LogP contribution in [0.15, 0.2) is 36.4 Å². The molecule has 0 aromatic heterocycles. The highest BCUT2D eigenvalue weighted by molar-refractivity contribution is 5.51. The van der Waals surface area contributed by atoms with Crippen molar-refractivity contribution in [3.05, 3.63) is 53.1 Å². The van der Waals surface area contributed by atoms with Crippen LogP contribution in [0.2, 0.25) is 0 Å². The molecule has 0 radical (unpaired) electrons. The maximum Gasteiger partial charge on any atom is 0.123 e. The summed E-state index contributed by atoms with van der Waals surface area (Å²) in [5.74, 6) is 1.20. The third kappa shape index (κ3) is 3.19. The predicted molar refractivity (Wildman–Crippen MR) is 77.9 cm³/mol. The lowest BCUT2D eigenvalue weighted by Crippen LogP contribution is -2.02. The number of aromatic hydroxyl groups is 1. The number of methoxy groups -OCH3 is 1. The van der Waals surface area contributed by atoms with E-state index in [4.69, 9.17) is 4.74 Å². The molecule has 2 aromatic rings. The summed E-state index contributed by atoms with van der Waals surface area (Å²) in [6, 6.07) is 11.6. The van der Waals surface area contributed by atoms with Crippen LogP contribution in [0, 0.1) is 13.8 Å². The number of rotatable bonds is 4. The van der Waals surface area contributed by atoms with Gasteiger partial charge in [0.05, 0.1) is 7.11 Å². The SMILES string of the molecule is COc1ccc(C)cc1CNc1ccc(O)c(C)c1. The van der Waals surface area contributed by atoms with E-state index in [1.54, 1.807) is 13.2 Å². The second-order valence-corrected chi connectivity index (χ2v) is 4.67. The van der Waals surface area contributed by atoms with Crippen molar-refractivity contribution in [1.29, 1.82) is 0 Å². The van der Waals surface area contributed by atoms with E-state index in [1.807, 2.05) is 31.2 Å². The number of hydrogen-bond acceptors (Lipinski definition) is 3. The molecule has 0 spiro atoms. The molecule has 100 valence electrons. The van der Waals surface area contributed by atoms with Gasteiger partial charge in [0.1, 0.15) is 11.5 Å². The van der Waals surface area contributed by atoms with Gasteiger partial charge in [0.2, 0.25) is 0 Å². The second kappa shape index (κ2) is 5.65. The van der Waals surface area contributed by atoms with Crippen LogP contribution in [0.25, 0.3) is 0 Å². The third-order valence-electron chi connectivity index (χ3n) is 3.12. The van der Waals surface area contributed by atoms with Gasteiger partial charge in [0, 0.05) is 17.8 Å². The highest BCUT2D eigenvalue weighted by atomic mass is 16.5. The van der Waals surface area contributed by atoms with Crippen molar-refractivity contribution in [2.24, 2.45) is 0 Å². The van der Waals surface area contributed by atoms with Crippen molar-refractivity contribution in [2.45, 2.75) is 20.4 Å². The summed E-state index contributed by atoms with van der Waals surface area (Å²) in [6.07, 6.45) is 0. The van der Waals surface area contributed by atoms with E-state index in [9.17, 15) is 5.11 Å². The van der Waals surface area contributed by atoms with Gasteiger partial charge < -0.3 is 15.2 Å². The number of aryl methyl sites for hydroxylation is 2. The topological polar surface area (TPSA) is 41.5 Å². The highest BCUT2D eigenvalue weighted by Gasteiger charge is 2.04. The molecule has 0 fully saturated rings. The van der Waals surface area contributed by atoms with Crippen molar-refractivity contribution in [2.75, 3.05) is 12.4 Å². The Morgan fingerprint density at radius 2 is 1.89 bits per heavy atom. The molecule has 2 rings (SSSR count). The fourth-order valence-electron chi connectivity index (χ4n) is 2.01. The van der Waals surface area contributed by atoms with Gasteiger partial charge in [0.15, 0.2) is 0 Å². The maximum atomic E-state index is 9.50. The van der Waals surface area contributed by atoms with E-state index < -0.39 is 0 Å². The van der Waals surface area contributed by atoms with E-state index in [0.29, 0.717) is 12.3 Å². The maximum absolute atomic E-state index is 9.50. The average Bonchev–Trinajstić information content (AvgIpc) is 2.40. The second-order valence-electron chi connectivity index (χ2n) is 4.67. The van der Waals surface area contributed by atoms with Crippen molar-refractivity contribution >= 4 is 5.69 Å². The highest BCUT2D eigenvalue weighted by Crippen LogP contribution is 2.23. The number of hydrogen-bond donors (Lipinski definition) is 2. The monoisotopic (exact) mass is 257 g/mol. The van der Waals surface area contributed by atoms with E-state index in [2.05, 4.69) is 18.3 Å². The smallest absolute Gasteiger partial charge is 0.123 e. The Labute approximate surface area is 113 Å². The van der Waals surface area contributed by atoms with Gasteiger partial charge in [0.25, 0.3) is 0 Å². The number of ether oxygens (including phenoxy) is 1. The first-order chi connectivity index (χ1) is 9.10. The van der Waals surface area contributed by atoms with Crippen molar-refractivity contribution < 1.29 is 9.84 Å². The zero-order chi connectivity index (χ0) is 13.8. The first-order valence-electron chi connectivity index (χ1n) is 6.27. The summed E-state index contributed by atoms with van der Waals surface area (Å²) in [5.41, 5.74) is 4.17. The van der Waals surface area contributed by atoms with Crippen LogP contribution in [0.4, 0.5) is 5.69 Å². The zero-order valence-corrected chi connectivity index (χ0v) is 11.5. The minimum Gasteiger partial charge on any atom is -0.508 e. The van der Waals surface area contributed by atoms with Crippen LogP contribution in [-0.4, -0.2) is 12.2 Å². The van der Waals surface area contributed by atoms with Gasteiger partial charge in [-0.1, -0.05) is 17.7 Å². The van der Waals surface area contributed by atoms with E-state index in [1.165, 1.54) is 5.56 Å². The minimum atomic E-state index is 0.318. The van der Waals surface area contributed by atoms with Gasteiger partial charge in [-0.05, 0) is 43.7 Å². The lowest BCUT2D eigenvalue weighted by molar-refractivity contribution is 0.410. The molecule has 0 aliphatic rings. The summed E-state index contributed by atoms with van der Waals surface area (Å²) >= 11 is 0. The molecule has 0 atom stereocenters. The Kier molecular flexibility index (Phi) is 3.95. The average molecular weight is 257 g/mol. The number of nitrogens with one attached hydrogen (secondary N) is 1. The van der Waals surface area contributed by atoms with Crippen LogP contribution in [-0.2, 0) is 6.54 Å². The quantitative estimate of drug-likeness (QED) is 0.822. The zero-order valence-electron chi connectivity index (χ0n) is 11.5. The van der Waals surface area contributed by atoms with Crippen LogP contribution in [0.1, 0.15) is 16.7 Å². The lowest BCUT2D eigenvalue weighted by Gasteiger charge is -2.12. The molecule has 0 unspecified atom stereocenters. The number of phenolic OH excluding ortho intramolecular Hbond substituents is 1.